The van der Waals surface area contributed by atoms with Crippen molar-refractivity contribution in [3.63, 3.8) is 0 Å². The van der Waals surface area contributed by atoms with E-state index < -0.39 is 5.78 Å². The van der Waals surface area contributed by atoms with Crippen LogP contribution in [0.5, 0.6) is 0 Å². The van der Waals surface area contributed by atoms with Crippen LogP contribution < -0.4 is 0 Å². The lowest BCUT2D eigenvalue weighted by molar-refractivity contribution is -0.120. The lowest BCUT2D eigenvalue weighted by atomic mass is 10.1. The Morgan fingerprint density at radius 3 is 1.56 bits per heavy atom. The summed E-state index contributed by atoms with van der Waals surface area (Å²) < 4.78 is 9.35. The van der Waals surface area contributed by atoms with Crippen molar-refractivity contribution in [3.05, 3.63) is 50.1 Å². The average molecular weight is 253 g/mol. The van der Waals surface area contributed by atoms with Gasteiger partial charge in [0.1, 0.15) is 0 Å². The number of allylic oxidation sites excluding steroid dienone is 2. The molecule has 0 aromatic rings. The SMILES string of the molecule is COC1=CC(=O)C=C(OC)C1=O.[N-]=[N+]=N.[N-]=[N+]=[N-]. The van der Waals surface area contributed by atoms with Crippen LogP contribution in [0.2, 0.25) is 0 Å². The van der Waals surface area contributed by atoms with E-state index in [0.29, 0.717) is 0 Å². The molecule has 0 fully saturated rings. The third-order valence-electron chi connectivity index (χ3n) is 1.43. The van der Waals surface area contributed by atoms with E-state index in [4.69, 9.17) is 22.1 Å². The van der Waals surface area contributed by atoms with Gasteiger partial charge >= 0.3 is 0 Å². The van der Waals surface area contributed by atoms with Crippen LogP contribution in [0, 0.1) is 5.53 Å². The Bertz CT molecular complexity index is 403. The van der Waals surface area contributed by atoms with E-state index in [1.807, 2.05) is 0 Å². The van der Waals surface area contributed by atoms with Crippen molar-refractivity contribution >= 4 is 11.6 Å². The molecule has 0 aromatic carbocycles. The normalized spacial score (nSPS) is 12.1. The summed E-state index contributed by atoms with van der Waals surface area (Å²) in [4.78, 5) is 25.3. The lowest BCUT2D eigenvalue weighted by Crippen LogP contribution is -2.16. The molecule has 1 aliphatic carbocycles. The molecule has 10 heteroatoms. The van der Waals surface area contributed by atoms with Gasteiger partial charge in [-0.05, 0) is 10.4 Å². The van der Waals surface area contributed by atoms with E-state index in [2.05, 4.69) is 9.47 Å². The minimum atomic E-state index is -0.403. The highest BCUT2D eigenvalue weighted by Crippen LogP contribution is 2.13. The number of rotatable bonds is 2. The Kier molecular flexibility index (Phi) is 10.2. The predicted molar refractivity (Wildman–Crippen MR) is 59.7 cm³/mol. The maximum Gasteiger partial charge on any atom is 0.262 e. The number of nitrogens with one attached hydrogen (secondary N) is 1. The van der Waals surface area contributed by atoms with E-state index in [9.17, 15) is 9.59 Å². The van der Waals surface area contributed by atoms with Crippen LogP contribution >= 0.6 is 0 Å². The smallest absolute Gasteiger partial charge is 0.262 e. The fourth-order valence-electron chi connectivity index (χ4n) is 0.856. The molecule has 0 heterocycles. The molecule has 0 amide bonds. The number of carbonyl (C=O) groups excluding carboxylic acids is 2. The molecule has 0 aliphatic heterocycles. The average Bonchev–Trinajstić information content (AvgIpc) is 2.33. The predicted octanol–water partition coefficient (Wildman–Crippen LogP) is 1.94. The fraction of sp³-hybridized carbons (Fsp3) is 0.250. The van der Waals surface area contributed by atoms with Gasteiger partial charge in [-0.25, -0.2) is 0 Å². The number of hydrogen-bond acceptors (Lipinski definition) is 5. The first kappa shape index (κ1) is 17.4. The molecule has 96 valence electrons. The van der Waals surface area contributed by atoms with Crippen molar-refractivity contribution in [1.29, 1.82) is 5.53 Å². The number of ketones is 2. The third-order valence-corrected chi connectivity index (χ3v) is 1.43. The molecule has 10 nitrogen and oxygen atoms in total. The Morgan fingerprint density at radius 2 is 1.33 bits per heavy atom. The Labute approximate surface area is 101 Å². The standard InChI is InChI=1S/C8H8O4.HN3.N3/c1-11-6-3-5(9)4-7(12-2)8(6)10;2*1-3-2/h3-4H,1-2H3;1H;/q;;-1. The van der Waals surface area contributed by atoms with Gasteiger partial charge < -0.3 is 20.5 Å². The first-order valence-corrected chi connectivity index (χ1v) is 4.11. The van der Waals surface area contributed by atoms with Crippen LogP contribution in [0.1, 0.15) is 0 Å². The van der Waals surface area contributed by atoms with E-state index in [0.717, 1.165) is 12.2 Å². The van der Waals surface area contributed by atoms with Crippen LogP contribution in [0.25, 0.3) is 26.4 Å². The van der Waals surface area contributed by atoms with Crippen LogP contribution in [0.3, 0.4) is 0 Å². The van der Waals surface area contributed by atoms with E-state index in [1.54, 1.807) is 4.91 Å². The van der Waals surface area contributed by atoms with Crippen LogP contribution in [-0.2, 0) is 19.1 Å². The molecule has 0 unspecified atom stereocenters. The molecule has 0 saturated heterocycles. The highest BCUT2D eigenvalue weighted by atomic mass is 16.5. The number of ether oxygens (including phenoxy) is 2. The van der Waals surface area contributed by atoms with Crippen molar-refractivity contribution in [3.8, 4) is 0 Å². The number of carbonyl (C=O) groups is 2. The third kappa shape index (κ3) is 6.51. The number of methoxy groups -OCH3 is 2. The van der Waals surface area contributed by atoms with Crippen LogP contribution in [-0.4, -0.2) is 25.8 Å². The zero-order valence-corrected chi connectivity index (χ0v) is 9.52. The van der Waals surface area contributed by atoms with E-state index >= 15 is 0 Å². The van der Waals surface area contributed by atoms with Crippen molar-refractivity contribution in [2.45, 2.75) is 0 Å². The molecular weight excluding hydrogens is 244 g/mol. The van der Waals surface area contributed by atoms with E-state index in [-0.39, 0.29) is 17.3 Å². The van der Waals surface area contributed by atoms with E-state index in [1.165, 1.54) is 19.1 Å². The molecule has 18 heavy (non-hydrogen) atoms. The van der Waals surface area contributed by atoms with Gasteiger partial charge in [0.25, 0.3) is 5.78 Å². The summed E-state index contributed by atoms with van der Waals surface area (Å²) in [5.41, 5.74) is 25.8. The summed E-state index contributed by atoms with van der Waals surface area (Å²) in [6.07, 6.45) is 2.26. The first-order chi connectivity index (χ1) is 8.51. The molecule has 1 rings (SSSR count). The summed E-state index contributed by atoms with van der Waals surface area (Å²) in [6.45, 7) is 0. The molecule has 0 saturated carbocycles. The quantitative estimate of drug-likeness (QED) is 0.343. The highest BCUT2D eigenvalue weighted by Gasteiger charge is 2.22. The van der Waals surface area contributed by atoms with Crippen molar-refractivity contribution in [2.24, 2.45) is 0 Å². The second-order valence-electron chi connectivity index (χ2n) is 2.35. The second kappa shape index (κ2) is 10.6. The fourth-order valence-corrected chi connectivity index (χ4v) is 0.856. The van der Waals surface area contributed by atoms with Gasteiger partial charge in [-0.2, -0.15) is 0 Å². The monoisotopic (exact) mass is 253 g/mol. The molecular formula is C8H9N6O4-. The summed E-state index contributed by atoms with van der Waals surface area (Å²) in [5.74, 6) is -0.679. The largest absolute Gasteiger partial charge is 0.492 e. The lowest BCUT2D eigenvalue weighted by Gasteiger charge is -2.10. The minimum absolute atomic E-state index is 0.0133. The van der Waals surface area contributed by atoms with Gasteiger partial charge in [-0.3, -0.25) is 14.5 Å². The number of nitrogens with zero attached hydrogens (tertiary/aromatic N) is 5. The van der Waals surface area contributed by atoms with Crippen molar-refractivity contribution < 1.29 is 19.1 Å². The van der Waals surface area contributed by atoms with Gasteiger partial charge in [0.2, 0.25) is 0 Å². The Hall–Kier alpha value is -2.96. The second-order valence-corrected chi connectivity index (χ2v) is 2.35. The molecule has 1 N–H and O–H groups in total. The van der Waals surface area contributed by atoms with Gasteiger partial charge in [-0.1, -0.05) is 0 Å². The van der Waals surface area contributed by atoms with Crippen LogP contribution in [0.15, 0.2) is 23.7 Å². The van der Waals surface area contributed by atoms with Gasteiger partial charge in [0, 0.05) is 12.2 Å². The summed E-state index contributed by atoms with van der Waals surface area (Å²) in [6, 6.07) is 0. The van der Waals surface area contributed by atoms with Crippen molar-refractivity contribution in [1.82, 2.24) is 0 Å². The summed E-state index contributed by atoms with van der Waals surface area (Å²) >= 11 is 0. The van der Waals surface area contributed by atoms with Gasteiger partial charge in [0.05, 0.1) is 14.2 Å². The molecule has 1 aliphatic rings. The molecule has 0 radical (unpaired) electrons. The Balaban J connectivity index is 0. The van der Waals surface area contributed by atoms with Crippen LogP contribution in [0.4, 0.5) is 0 Å². The molecule has 0 spiro atoms. The topological polar surface area (TPSA) is 172 Å². The highest BCUT2D eigenvalue weighted by molar-refractivity contribution is 6.18. The Morgan fingerprint density at radius 1 is 1.06 bits per heavy atom. The van der Waals surface area contributed by atoms with Crippen molar-refractivity contribution in [2.75, 3.05) is 14.2 Å². The molecule has 0 aromatic heterocycles. The summed E-state index contributed by atoms with van der Waals surface area (Å²) in [5, 5.41) is 0. The molecule has 0 atom stereocenters. The zero-order valence-electron chi connectivity index (χ0n) is 9.52. The van der Waals surface area contributed by atoms with Gasteiger partial charge in [-0.15, -0.1) is 5.53 Å². The number of Topliss-reactive ketones (excluding diaryl/α,β-unsaturated/α-hetero) is 1. The molecule has 0 bridgehead atoms. The summed E-state index contributed by atoms with van der Waals surface area (Å²) in [7, 11) is 2.66. The maximum atomic E-state index is 11.2. The number of hydrogen-bond donors (Lipinski definition) is 1. The zero-order chi connectivity index (χ0) is 14.6. The van der Waals surface area contributed by atoms with Gasteiger partial charge in [0.15, 0.2) is 17.3 Å². The minimum Gasteiger partial charge on any atom is -0.492 e. The maximum absolute atomic E-state index is 11.2. The first-order valence-electron chi connectivity index (χ1n) is 4.11.